The summed E-state index contributed by atoms with van der Waals surface area (Å²) in [6.07, 6.45) is 0. The van der Waals surface area contributed by atoms with E-state index in [-0.39, 0.29) is 0 Å². The van der Waals surface area contributed by atoms with Crippen molar-refractivity contribution in [2.24, 2.45) is 0 Å². The van der Waals surface area contributed by atoms with E-state index in [0.717, 1.165) is 11.8 Å². The predicted molar refractivity (Wildman–Crippen MR) is 81.2 cm³/mol. The Morgan fingerprint density at radius 1 is 1.29 bits per heavy atom. The Morgan fingerprint density at radius 2 is 2.06 bits per heavy atom. The SMILES string of the molecule is Cc1ccc(C(C)NCC2CSCCS2)cc1. The molecular weight excluding hydrogens is 246 g/mol. The number of hydrogen-bond acceptors (Lipinski definition) is 3. The lowest BCUT2D eigenvalue weighted by Gasteiger charge is -2.23. The van der Waals surface area contributed by atoms with Crippen LogP contribution in [0.15, 0.2) is 24.3 Å². The number of hydrogen-bond donors (Lipinski definition) is 1. The molecule has 3 heteroatoms. The summed E-state index contributed by atoms with van der Waals surface area (Å²) in [6.45, 7) is 5.52. The maximum Gasteiger partial charge on any atom is 0.0292 e. The van der Waals surface area contributed by atoms with Crippen molar-refractivity contribution in [3.8, 4) is 0 Å². The number of aryl methyl sites for hydroxylation is 1. The van der Waals surface area contributed by atoms with Crippen LogP contribution in [0.4, 0.5) is 0 Å². The first-order valence-electron chi connectivity index (χ1n) is 6.25. The molecular formula is C14H21NS2. The molecule has 1 heterocycles. The van der Waals surface area contributed by atoms with Gasteiger partial charge in [0, 0.05) is 35.1 Å². The minimum Gasteiger partial charge on any atom is -0.309 e. The molecule has 2 atom stereocenters. The molecule has 0 bridgehead atoms. The Morgan fingerprint density at radius 3 is 2.71 bits per heavy atom. The highest BCUT2D eigenvalue weighted by molar-refractivity contribution is 8.06. The van der Waals surface area contributed by atoms with E-state index in [1.807, 2.05) is 0 Å². The third kappa shape index (κ3) is 4.23. The minimum atomic E-state index is 0.461. The average molecular weight is 267 g/mol. The van der Waals surface area contributed by atoms with E-state index in [1.165, 1.54) is 28.4 Å². The molecule has 0 aromatic heterocycles. The maximum absolute atomic E-state index is 3.65. The largest absolute Gasteiger partial charge is 0.309 e. The lowest BCUT2D eigenvalue weighted by Crippen LogP contribution is -2.30. The summed E-state index contributed by atoms with van der Waals surface area (Å²) in [5.41, 5.74) is 2.73. The van der Waals surface area contributed by atoms with Crippen LogP contribution in [-0.2, 0) is 0 Å². The molecule has 1 aliphatic heterocycles. The third-order valence-corrected chi connectivity index (χ3v) is 5.96. The topological polar surface area (TPSA) is 12.0 Å². The lowest BCUT2D eigenvalue weighted by molar-refractivity contribution is 0.577. The summed E-state index contributed by atoms with van der Waals surface area (Å²) < 4.78 is 0. The van der Waals surface area contributed by atoms with E-state index in [2.05, 4.69) is 67.0 Å². The van der Waals surface area contributed by atoms with Crippen LogP contribution in [0.25, 0.3) is 0 Å². The molecule has 17 heavy (non-hydrogen) atoms. The van der Waals surface area contributed by atoms with E-state index in [1.54, 1.807) is 0 Å². The quantitative estimate of drug-likeness (QED) is 0.897. The summed E-state index contributed by atoms with van der Waals surface area (Å²) in [6, 6.07) is 9.31. The monoisotopic (exact) mass is 267 g/mol. The molecule has 0 saturated carbocycles. The predicted octanol–water partition coefficient (Wildman–Crippen LogP) is 3.49. The molecule has 1 aromatic rings. The van der Waals surface area contributed by atoms with Gasteiger partial charge < -0.3 is 5.32 Å². The molecule has 1 saturated heterocycles. The maximum atomic E-state index is 3.65. The summed E-state index contributed by atoms with van der Waals surface area (Å²) in [4.78, 5) is 0. The van der Waals surface area contributed by atoms with Gasteiger partial charge in [0.15, 0.2) is 0 Å². The minimum absolute atomic E-state index is 0.461. The second kappa shape index (κ2) is 6.72. The van der Waals surface area contributed by atoms with Crippen LogP contribution in [0.3, 0.4) is 0 Å². The third-order valence-electron chi connectivity index (χ3n) is 3.11. The van der Waals surface area contributed by atoms with Crippen molar-refractivity contribution in [1.82, 2.24) is 5.32 Å². The Labute approximate surface area is 113 Å². The van der Waals surface area contributed by atoms with E-state index >= 15 is 0 Å². The highest BCUT2D eigenvalue weighted by Gasteiger charge is 2.15. The molecule has 0 amide bonds. The fraction of sp³-hybridized carbons (Fsp3) is 0.571. The highest BCUT2D eigenvalue weighted by atomic mass is 32.2. The molecule has 0 spiro atoms. The summed E-state index contributed by atoms with van der Waals surface area (Å²) in [7, 11) is 0. The molecule has 1 nitrogen and oxygen atoms in total. The van der Waals surface area contributed by atoms with Gasteiger partial charge in [0.2, 0.25) is 0 Å². The van der Waals surface area contributed by atoms with Crippen molar-refractivity contribution in [2.45, 2.75) is 25.1 Å². The second-order valence-corrected chi connectivity index (χ2v) is 7.17. The normalized spacial score (nSPS) is 22.4. The van der Waals surface area contributed by atoms with E-state index in [4.69, 9.17) is 0 Å². The van der Waals surface area contributed by atoms with Crippen molar-refractivity contribution >= 4 is 23.5 Å². The summed E-state index contributed by atoms with van der Waals surface area (Å²) in [5.74, 6) is 3.95. The molecule has 0 aliphatic carbocycles. The van der Waals surface area contributed by atoms with Crippen molar-refractivity contribution in [2.75, 3.05) is 23.8 Å². The molecule has 1 aliphatic rings. The molecule has 1 fully saturated rings. The molecule has 0 radical (unpaired) electrons. The van der Waals surface area contributed by atoms with Crippen molar-refractivity contribution in [1.29, 1.82) is 0 Å². The van der Waals surface area contributed by atoms with Gasteiger partial charge in [-0.25, -0.2) is 0 Å². The Bertz CT molecular complexity index is 331. The van der Waals surface area contributed by atoms with E-state index < -0.39 is 0 Å². The molecule has 1 N–H and O–H groups in total. The standard InChI is InChI=1S/C14H21NS2/c1-11-3-5-13(6-4-11)12(2)15-9-14-10-16-7-8-17-14/h3-6,12,14-15H,7-10H2,1-2H3. The molecule has 2 unspecified atom stereocenters. The van der Waals surface area contributed by atoms with Crippen LogP contribution in [0.1, 0.15) is 24.1 Å². The van der Waals surface area contributed by atoms with Gasteiger partial charge in [-0.1, -0.05) is 29.8 Å². The van der Waals surface area contributed by atoms with Gasteiger partial charge in [-0.2, -0.15) is 23.5 Å². The van der Waals surface area contributed by atoms with Gasteiger partial charge >= 0.3 is 0 Å². The summed E-state index contributed by atoms with van der Waals surface area (Å²) >= 11 is 4.21. The van der Waals surface area contributed by atoms with Crippen molar-refractivity contribution in [3.63, 3.8) is 0 Å². The van der Waals surface area contributed by atoms with Crippen molar-refractivity contribution < 1.29 is 0 Å². The van der Waals surface area contributed by atoms with Gasteiger partial charge in [0.05, 0.1) is 0 Å². The van der Waals surface area contributed by atoms with Gasteiger partial charge in [0.25, 0.3) is 0 Å². The lowest BCUT2D eigenvalue weighted by atomic mass is 10.1. The fourth-order valence-corrected chi connectivity index (χ4v) is 4.56. The highest BCUT2D eigenvalue weighted by Crippen LogP contribution is 2.24. The van der Waals surface area contributed by atoms with Gasteiger partial charge in [-0.05, 0) is 19.4 Å². The first-order valence-corrected chi connectivity index (χ1v) is 8.45. The second-order valence-electron chi connectivity index (χ2n) is 4.61. The first kappa shape index (κ1) is 13.3. The first-order chi connectivity index (χ1) is 8.25. The zero-order valence-electron chi connectivity index (χ0n) is 10.6. The van der Waals surface area contributed by atoms with Crippen LogP contribution >= 0.6 is 23.5 Å². The number of benzene rings is 1. The Balaban J connectivity index is 1.80. The number of nitrogens with one attached hydrogen (secondary N) is 1. The van der Waals surface area contributed by atoms with Crippen LogP contribution in [0.5, 0.6) is 0 Å². The van der Waals surface area contributed by atoms with Crippen LogP contribution in [0.2, 0.25) is 0 Å². The van der Waals surface area contributed by atoms with Crippen LogP contribution in [0, 0.1) is 6.92 Å². The van der Waals surface area contributed by atoms with Crippen molar-refractivity contribution in [3.05, 3.63) is 35.4 Å². The number of rotatable bonds is 4. The van der Waals surface area contributed by atoms with Crippen LogP contribution in [-0.4, -0.2) is 29.1 Å². The summed E-state index contributed by atoms with van der Waals surface area (Å²) in [5, 5.41) is 4.45. The molecule has 94 valence electrons. The van der Waals surface area contributed by atoms with Gasteiger partial charge in [-0.15, -0.1) is 0 Å². The van der Waals surface area contributed by atoms with Crippen LogP contribution < -0.4 is 5.32 Å². The van der Waals surface area contributed by atoms with E-state index in [0.29, 0.717) is 6.04 Å². The van der Waals surface area contributed by atoms with Gasteiger partial charge in [-0.3, -0.25) is 0 Å². The number of thioether (sulfide) groups is 2. The smallest absolute Gasteiger partial charge is 0.0292 e. The van der Waals surface area contributed by atoms with E-state index in [9.17, 15) is 0 Å². The Hall–Kier alpha value is -0.120. The zero-order valence-corrected chi connectivity index (χ0v) is 12.2. The van der Waals surface area contributed by atoms with Gasteiger partial charge in [0.1, 0.15) is 0 Å². The molecule has 1 aromatic carbocycles. The Kier molecular flexibility index (Phi) is 5.26. The average Bonchev–Trinajstić information content (AvgIpc) is 2.38. The zero-order chi connectivity index (χ0) is 12.1. The molecule has 2 rings (SSSR count). The fourth-order valence-electron chi connectivity index (χ4n) is 1.94.